The number of carbonyl (C=O) groups excluding carboxylic acids is 1. The Morgan fingerprint density at radius 1 is 1.31 bits per heavy atom. The summed E-state index contributed by atoms with van der Waals surface area (Å²) >= 11 is 13.4. The van der Waals surface area contributed by atoms with Crippen LogP contribution in [0, 0.1) is 12.8 Å². The average molecular weight is 476 g/mol. The molecule has 32 heavy (non-hydrogen) atoms. The number of methoxy groups -OCH3 is 1. The smallest absolute Gasteiger partial charge is 0.256 e. The lowest BCUT2D eigenvalue weighted by Gasteiger charge is -2.36. The van der Waals surface area contributed by atoms with Crippen LogP contribution < -0.4 is 10.9 Å². The van der Waals surface area contributed by atoms with E-state index in [4.69, 9.17) is 27.9 Å². The Bertz CT molecular complexity index is 1280. The normalized spacial score (nSPS) is 17.5. The maximum Gasteiger partial charge on any atom is 0.256 e. The Kier molecular flexibility index (Phi) is 5.49. The molecule has 1 fully saturated rings. The summed E-state index contributed by atoms with van der Waals surface area (Å²) in [5, 5.41) is 4.13. The van der Waals surface area contributed by atoms with Crippen LogP contribution in [0.2, 0.25) is 10.0 Å². The third-order valence-corrected chi connectivity index (χ3v) is 7.25. The standard InChI is InChI=1S/C22H23Cl2N5O3/c1-10-18-19(27-9-26-18)14(21(30)28-10)8-29-4-3-12-15(23)5-13(17(24)16(12)22(29)31)20(32-2)11-6-25-7-11/h5,9,11,20,25H,3-4,6-8H2,1-2H3,(H,26,27)(H,28,30). The maximum atomic E-state index is 13.6. The van der Waals surface area contributed by atoms with Crippen LogP contribution in [0.15, 0.2) is 17.2 Å². The van der Waals surface area contributed by atoms with E-state index in [9.17, 15) is 9.59 Å². The van der Waals surface area contributed by atoms with Gasteiger partial charge in [-0.05, 0) is 25.0 Å². The number of imidazole rings is 1. The van der Waals surface area contributed by atoms with E-state index in [-0.39, 0.29) is 30.0 Å². The number of carbonyl (C=O) groups is 1. The van der Waals surface area contributed by atoms with E-state index in [1.165, 1.54) is 0 Å². The van der Waals surface area contributed by atoms with E-state index in [0.29, 0.717) is 45.3 Å². The fourth-order valence-corrected chi connectivity index (χ4v) is 5.34. The van der Waals surface area contributed by atoms with Crippen LogP contribution >= 0.6 is 23.2 Å². The van der Waals surface area contributed by atoms with Gasteiger partial charge >= 0.3 is 0 Å². The molecule has 1 atom stereocenters. The zero-order valence-electron chi connectivity index (χ0n) is 17.7. The average Bonchev–Trinajstić information content (AvgIpc) is 3.22. The van der Waals surface area contributed by atoms with Crippen molar-refractivity contribution in [1.82, 2.24) is 25.2 Å². The Hall–Kier alpha value is -2.39. The number of hydrogen-bond donors (Lipinski definition) is 3. The molecule has 2 aliphatic heterocycles. The first kappa shape index (κ1) is 21.5. The van der Waals surface area contributed by atoms with Crippen molar-refractivity contribution in [3.63, 3.8) is 0 Å². The number of ether oxygens (including phenoxy) is 1. The molecule has 0 bridgehead atoms. The molecule has 5 rings (SSSR count). The molecule has 168 valence electrons. The van der Waals surface area contributed by atoms with Gasteiger partial charge in [0.05, 0.1) is 40.6 Å². The van der Waals surface area contributed by atoms with Crippen molar-refractivity contribution >= 4 is 40.1 Å². The largest absolute Gasteiger partial charge is 0.376 e. The highest BCUT2D eigenvalue weighted by Gasteiger charge is 2.35. The Balaban J connectivity index is 1.54. The van der Waals surface area contributed by atoms with Crippen molar-refractivity contribution in [2.75, 3.05) is 26.7 Å². The second kappa shape index (κ2) is 8.19. The van der Waals surface area contributed by atoms with Gasteiger partial charge in [0.25, 0.3) is 11.5 Å². The van der Waals surface area contributed by atoms with Gasteiger partial charge in [-0.2, -0.15) is 0 Å². The van der Waals surface area contributed by atoms with E-state index in [1.807, 2.05) is 6.07 Å². The summed E-state index contributed by atoms with van der Waals surface area (Å²) in [7, 11) is 1.64. The molecule has 10 heteroatoms. The van der Waals surface area contributed by atoms with E-state index in [0.717, 1.165) is 29.7 Å². The number of benzene rings is 1. The molecular weight excluding hydrogens is 453 g/mol. The minimum atomic E-state index is -0.254. The zero-order valence-corrected chi connectivity index (χ0v) is 19.2. The lowest BCUT2D eigenvalue weighted by atomic mass is 9.87. The molecule has 1 aromatic carbocycles. The van der Waals surface area contributed by atoms with Gasteiger partial charge in [0, 0.05) is 48.9 Å². The molecule has 1 unspecified atom stereocenters. The van der Waals surface area contributed by atoms with Gasteiger partial charge in [0.15, 0.2) is 0 Å². The van der Waals surface area contributed by atoms with Crippen LogP contribution in [-0.2, 0) is 17.7 Å². The molecular formula is C22H23Cl2N5O3. The number of nitrogens with zero attached hydrogens (tertiary/aromatic N) is 2. The lowest BCUT2D eigenvalue weighted by Crippen LogP contribution is -2.46. The van der Waals surface area contributed by atoms with Crippen LogP contribution in [-0.4, -0.2) is 52.5 Å². The van der Waals surface area contributed by atoms with E-state index < -0.39 is 0 Å². The van der Waals surface area contributed by atoms with E-state index in [2.05, 4.69) is 20.3 Å². The first-order valence-corrected chi connectivity index (χ1v) is 11.2. The summed E-state index contributed by atoms with van der Waals surface area (Å²) in [6.07, 6.45) is 1.85. The van der Waals surface area contributed by atoms with Gasteiger partial charge in [-0.3, -0.25) is 9.59 Å². The fraction of sp³-hybridized carbons (Fsp3) is 0.409. The summed E-state index contributed by atoms with van der Waals surface area (Å²) in [5.41, 5.74) is 4.08. The van der Waals surface area contributed by atoms with Crippen molar-refractivity contribution in [2.45, 2.75) is 26.0 Å². The van der Waals surface area contributed by atoms with Crippen LogP contribution in [0.3, 0.4) is 0 Å². The van der Waals surface area contributed by atoms with Crippen molar-refractivity contribution < 1.29 is 9.53 Å². The van der Waals surface area contributed by atoms with Crippen LogP contribution in [0.1, 0.15) is 38.8 Å². The number of nitrogens with one attached hydrogen (secondary N) is 3. The molecule has 0 saturated carbocycles. The Morgan fingerprint density at radius 2 is 2.09 bits per heavy atom. The number of aromatic nitrogens is 3. The number of fused-ring (bicyclic) bond motifs is 2. The van der Waals surface area contributed by atoms with Crippen molar-refractivity contribution in [2.24, 2.45) is 5.92 Å². The SMILES string of the molecule is COC(c1cc(Cl)c2c(c1Cl)C(=O)N(Cc1c(=O)[nH]c(C)c3[nH]cnc13)CC2)C1CNC1. The fourth-order valence-electron chi connectivity index (χ4n) is 4.68. The number of H-pyrrole nitrogens is 2. The Labute approximate surface area is 194 Å². The van der Waals surface area contributed by atoms with Gasteiger partial charge in [0.1, 0.15) is 5.52 Å². The first-order chi connectivity index (χ1) is 15.4. The predicted molar refractivity (Wildman–Crippen MR) is 122 cm³/mol. The molecule has 0 radical (unpaired) electrons. The molecule has 2 aliphatic rings. The van der Waals surface area contributed by atoms with Crippen molar-refractivity contribution in [3.8, 4) is 0 Å². The van der Waals surface area contributed by atoms with Crippen molar-refractivity contribution in [3.05, 3.63) is 60.7 Å². The maximum absolute atomic E-state index is 13.6. The third kappa shape index (κ3) is 3.33. The number of hydrogen-bond acceptors (Lipinski definition) is 5. The number of rotatable bonds is 5. The second-order valence-electron chi connectivity index (χ2n) is 8.35. The summed E-state index contributed by atoms with van der Waals surface area (Å²) < 4.78 is 5.73. The van der Waals surface area contributed by atoms with Crippen molar-refractivity contribution in [1.29, 1.82) is 0 Å². The molecule has 8 nitrogen and oxygen atoms in total. The zero-order chi connectivity index (χ0) is 22.6. The topological polar surface area (TPSA) is 103 Å². The van der Waals surface area contributed by atoms with Gasteiger partial charge < -0.3 is 24.9 Å². The predicted octanol–water partition coefficient (Wildman–Crippen LogP) is 2.97. The summed E-state index contributed by atoms with van der Waals surface area (Å²) in [4.78, 5) is 38.0. The van der Waals surface area contributed by atoms with Gasteiger partial charge in [-0.25, -0.2) is 4.98 Å². The summed E-state index contributed by atoms with van der Waals surface area (Å²) in [6, 6.07) is 1.83. The monoisotopic (exact) mass is 475 g/mol. The van der Waals surface area contributed by atoms with Gasteiger partial charge in [-0.15, -0.1) is 0 Å². The molecule has 3 N–H and O–H groups in total. The number of pyridine rings is 1. The summed E-state index contributed by atoms with van der Waals surface area (Å²) in [5.74, 6) is 0.0192. The highest BCUT2D eigenvalue weighted by Crippen LogP contribution is 2.41. The summed E-state index contributed by atoms with van der Waals surface area (Å²) in [6.45, 7) is 4.01. The quantitative estimate of drug-likeness (QED) is 0.526. The molecule has 0 spiro atoms. The lowest BCUT2D eigenvalue weighted by molar-refractivity contribution is 0.0292. The molecule has 1 amide bonds. The number of aromatic amines is 2. The minimum absolute atomic E-state index is 0.133. The highest BCUT2D eigenvalue weighted by atomic mass is 35.5. The number of halogens is 2. The third-order valence-electron chi connectivity index (χ3n) is 6.50. The highest BCUT2D eigenvalue weighted by molar-refractivity contribution is 6.37. The molecule has 3 aromatic rings. The first-order valence-electron chi connectivity index (χ1n) is 10.5. The van der Waals surface area contributed by atoms with Gasteiger partial charge in [-0.1, -0.05) is 23.2 Å². The second-order valence-corrected chi connectivity index (χ2v) is 9.14. The van der Waals surface area contributed by atoms with Gasteiger partial charge in [0.2, 0.25) is 0 Å². The minimum Gasteiger partial charge on any atom is -0.376 e. The molecule has 2 aromatic heterocycles. The number of amides is 1. The van der Waals surface area contributed by atoms with Crippen LogP contribution in [0.5, 0.6) is 0 Å². The molecule has 4 heterocycles. The van der Waals surface area contributed by atoms with Crippen LogP contribution in [0.4, 0.5) is 0 Å². The van der Waals surface area contributed by atoms with E-state index in [1.54, 1.807) is 25.3 Å². The number of aryl methyl sites for hydroxylation is 1. The van der Waals surface area contributed by atoms with Crippen LogP contribution in [0.25, 0.3) is 11.0 Å². The van der Waals surface area contributed by atoms with E-state index >= 15 is 0 Å². The Morgan fingerprint density at radius 3 is 2.78 bits per heavy atom. The molecule has 0 aliphatic carbocycles. The molecule has 1 saturated heterocycles.